The van der Waals surface area contributed by atoms with Gasteiger partial charge in [0.05, 0.1) is 17.4 Å². The van der Waals surface area contributed by atoms with Crippen LogP contribution in [0.15, 0.2) is 66.1 Å². The molecule has 1 aliphatic heterocycles. The van der Waals surface area contributed by atoms with E-state index in [9.17, 15) is 22.8 Å². The summed E-state index contributed by atoms with van der Waals surface area (Å²) in [4.78, 5) is 37.0. The van der Waals surface area contributed by atoms with Gasteiger partial charge in [-0.3, -0.25) is 9.59 Å². The van der Waals surface area contributed by atoms with E-state index in [1.807, 2.05) is 30.3 Å². The lowest BCUT2D eigenvalue weighted by Gasteiger charge is -2.27. The number of sulfone groups is 1. The summed E-state index contributed by atoms with van der Waals surface area (Å²) < 4.78 is 28.7. The van der Waals surface area contributed by atoms with E-state index in [1.165, 1.54) is 35.2 Å². The minimum atomic E-state index is -3.36. The van der Waals surface area contributed by atoms with E-state index in [0.717, 1.165) is 11.0 Å². The highest BCUT2D eigenvalue weighted by Crippen LogP contribution is 2.18. The number of carbonyl (C=O) groups excluding carboxylic acids is 3. The molecule has 0 radical (unpaired) electrons. The highest BCUT2D eigenvalue weighted by Gasteiger charge is 2.30. The van der Waals surface area contributed by atoms with Gasteiger partial charge in [0.2, 0.25) is 0 Å². The van der Waals surface area contributed by atoms with Gasteiger partial charge < -0.3 is 9.64 Å². The van der Waals surface area contributed by atoms with Crippen LogP contribution in [0, 0.1) is 0 Å². The molecule has 29 heavy (non-hydrogen) atoms. The van der Waals surface area contributed by atoms with E-state index in [1.54, 1.807) is 0 Å². The molecule has 0 aromatic heterocycles. The molecule has 0 aliphatic carbocycles. The summed E-state index contributed by atoms with van der Waals surface area (Å²) in [6.07, 6.45) is 2.12. The molecule has 3 rings (SSSR count). The van der Waals surface area contributed by atoms with Gasteiger partial charge >= 0.3 is 5.97 Å². The molecule has 8 heteroatoms. The second-order valence-corrected chi connectivity index (χ2v) is 8.48. The zero-order valence-corrected chi connectivity index (χ0v) is 16.2. The van der Waals surface area contributed by atoms with Crippen LogP contribution < -0.4 is 0 Å². The summed E-state index contributed by atoms with van der Waals surface area (Å²) in [6.45, 7) is -0.332. The molecule has 0 unspecified atom stereocenters. The lowest BCUT2D eigenvalue weighted by Crippen LogP contribution is -2.42. The summed E-state index contributed by atoms with van der Waals surface area (Å²) in [6, 6.07) is 14.3. The van der Waals surface area contributed by atoms with Crippen LogP contribution in [0.1, 0.15) is 26.3 Å². The topological polar surface area (TPSA) is 97.8 Å². The molecular weight excluding hydrogens is 394 g/mol. The van der Waals surface area contributed by atoms with Crippen molar-refractivity contribution in [1.29, 1.82) is 0 Å². The fourth-order valence-corrected chi connectivity index (χ4v) is 4.21. The van der Waals surface area contributed by atoms with Crippen LogP contribution in [0.4, 0.5) is 0 Å². The Balaban J connectivity index is 1.69. The Labute approximate surface area is 168 Å². The molecule has 0 bridgehead atoms. The number of hydrogen-bond acceptors (Lipinski definition) is 6. The second kappa shape index (κ2) is 8.83. The normalized spacial score (nSPS) is 16.9. The number of rotatable bonds is 7. The van der Waals surface area contributed by atoms with E-state index in [2.05, 4.69) is 0 Å². The SMILES string of the molecule is O=Cc1ccc(C(=O)OCC(=O)N(Cc2ccccc2)[C@H]2C=CS(=O)(=O)C2)cc1. The molecule has 0 spiro atoms. The standard InChI is InChI=1S/C21H19NO6S/c23-13-17-6-8-18(9-7-17)21(25)28-14-20(24)22(12-16-4-2-1-3-5-16)19-10-11-29(26,27)15-19/h1-11,13,19H,12,14-15H2/t19-/m0/s1. The number of ether oxygens (including phenoxy) is 1. The van der Waals surface area contributed by atoms with Crippen molar-refractivity contribution >= 4 is 28.0 Å². The van der Waals surface area contributed by atoms with Gasteiger partial charge in [-0.05, 0) is 23.8 Å². The number of nitrogens with zero attached hydrogens (tertiary/aromatic N) is 1. The van der Waals surface area contributed by atoms with Crippen molar-refractivity contribution in [3.8, 4) is 0 Å². The Bertz CT molecular complexity index is 1030. The first-order valence-electron chi connectivity index (χ1n) is 8.85. The largest absolute Gasteiger partial charge is 0.452 e. The fraction of sp³-hybridized carbons (Fsp3) is 0.190. The maximum atomic E-state index is 12.8. The van der Waals surface area contributed by atoms with E-state index in [4.69, 9.17) is 4.74 Å². The van der Waals surface area contributed by atoms with Crippen molar-refractivity contribution in [3.05, 3.63) is 82.8 Å². The molecule has 2 aromatic carbocycles. The Morgan fingerprint density at radius 1 is 1.07 bits per heavy atom. The summed E-state index contributed by atoms with van der Waals surface area (Å²) in [5.41, 5.74) is 1.46. The van der Waals surface area contributed by atoms with Crippen LogP contribution in [0.2, 0.25) is 0 Å². The Morgan fingerprint density at radius 3 is 2.34 bits per heavy atom. The molecule has 7 nitrogen and oxygen atoms in total. The van der Waals surface area contributed by atoms with Gasteiger partial charge in [-0.15, -0.1) is 0 Å². The lowest BCUT2D eigenvalue weighted by atomic mass is 10.1. The van der Waals surface area contributed by atoms with Crippen LogP contribution in [-0.2, 0) is 25.9 Å². The molecule has 0 saturated carbocycles. The monoisotopic (exact) mass is 413 g/mol. The summed E-state index contributed by atoms with van der Waals surface area (Å²) >= 11 is 0. The van der Waals surface area contributed by atoms with Crippen molar-refractivity contribution in [2.45, 2.75) is 12.6 Å². The quantitative estimate of drug-likeness (QED) is 0.509. The molecule has 1 heterocycles. The van der Waals surface area contributed by atoms with Crippen LogP contribution in [0.5, 0.6) is 0 Å². The average Bonchev–Trinajstić information content (AvgIpc) is 3.10. The first-order valence-corrected chi connectivity index (χ1v) is 10.6. The zero-order chi connectivity index (χ0) is 20.9. The van der Waals surface area contributed by atoms with Crippen molar-refractivity contribution in [3.63, 3.8) is 0 Å². The summed E-state index contributed by atoms with van der Waals surface area (Å²) in [7, 11) is -3.36. The number of carbonyl (C=O) groups is 3. The van der Waals surface area contributed by atoms with Gasteiger partial charge in [0.25, 0.3) is 5.91 Å². The highest BCUT2D eigenvalue weighted by atomic mass is 32.2. The third-order valence-corrected chi connectivity index (χ3v) is 5.81. The fourth-order valence-electron chi connectivity index (χ4n) is 2.92. The van der Waals surface area contributed by atoms with Crippen molar-refractivity contribution in [1.82, 2.24) is 4.90 Å². The lowest BCUT2D eigenvalue weighted by molar-refractivity contribution is -0.136. The maximum absolute atomic E-state index is 12.8. The van der Waals surface area contributed by atoms with Gasteiger partial charge in [0.1, 0.15) is 6.29 Å². The number of hydrogen-bond donors (Lipinski definition) is 0. The Morgan fingerprint density at radius 2 is 1.76 bits per heavy atom. The molecule has 1 aliphatic rings. The Kier molecular flexibility index (Phi) is 6.23. The van der Waals surface area contributed by atoms with Crippen LogP contribution in [0.3, 0.4) is 0 Å². The summed E-state index contributed by atoms with van der Waals surface area (Å²) in [5, 5.41) is 1.10. The van der Waals surface area contributed by atoms with Crippen molar-refractivity contribution in [2.75, 3.05) is 12.4 Å². The molecule has 0 fully saturated rings. The van der Waals surface area contributed by atoms with Gasteiger partial charge in [-0.1, -0.05) is 42.5 Å². The molecule has 150 valence electrons. The molecule has 1 amide bonds. The number of benzene rings is 2. The third kappa shape index (κ3) is 5.39. The van der Waals surface area contributed by atoms with E-state index in [0.29, 0.717) is 11.8 Å². The minimum absolute atomic E-state index is 0.190. The van der Waals surface area contributed by atoms with Gasteiger partial charge in [0, 0.05) is 17.5 Å². The van der Waals surface area contributed by atoms with Gasteiger partial charge in [-0.25, -0.2) is 13.2 Å². The second-order valence-electron chi connectivity index (χ2n) is 6.55. The maximum Gasteiger partial charge on any atom is 0.338 e. The van der Waals surface area contributed by atoms with Gasteiger partial charge in [0.15, 0.2) is 16.4 Å². The van der Waals surface area contributed by atoms with E-state index < -0.39 is 34.4 Å². The number of amides is 1. The predicted molar refractivity (Wildman–Crippen MR) is 106 cm³/mol. The smallest absolute Gasteiger partial charge is 0.338 e. The van der Waals surface area contributed by atoms with E-state index in [-0.39, 0.29) is 17.9 Å². The first kappa shape index (κ1) is 20.5. The van der Waals surface area contributed by atoms with Crippen LogP contribution in [0.25, 0.3) is 0 Å². The molecule has 2 aromatic rings. The molecule has 1 atom stereocenters. The van der Waals surface area contributed by atoms with Crippen LogP contribution in [-0.4, -0.2) is 49.9 Å². The first-order chi connectivity index (χ1) is 13.9. The third-order valence-electron chi connectivity index (χ3n) is 4.44. The van der Waals surface area contributed by atoms with E-state index >= 15 is 0 Å². The van der Waals surface area contributed by atoms with Gasteiger partial charge in [-0.2, -0.15) is 0 Å². The minimum Gasteiger partial charge on any atom is -0.452 e. The van der Waals surface area contributed by atoms with Crippen molar-refractivity contribution < 1.29 is 27.5 Å². The molecule has 0 N–H and O–H groups in total. The predicted octanol–water partition coefficient (Wildman–Crippen LogP) is 2.00. The Hall–Kier alpha value is -3.26. The van der Waals surface area contributed by atoms with Crippen molar-refractivity contribution in [2.24, 2.45) is 0 Å². The average molecular weight is 413 g/mol. The number of aldehydes is 1. The molecular formula is C21H19NO6S. The summed E-state index contributed by atoms with van der Waals surface area (Å²) in [5.74, 6) is -1.41. The highest BCUT2D eigenvalue weighted by molar-refractivity contribution is 7.94. The zero-order valence-electron chi connectivity index (χ0n) is 15.4. The number of esters is 1. The van der Waals surface area contributed by atoms with Crippen LogP contribution >= 0.6 is 0 Å². The molecule has 0 saturated heterocycles.